The van der Waals surface area contributed by atoms with Gasteiger partial charge in [-0.3, -0.25) is 4.79 Å². The lowest BCUT2D eigenvalue weighted by Crippen LogP contribution is -2.27. The zero-order chi connectivity index (χ0) is 18.4. The first-order valence-corrected chi connectivity index (χ1v) is 8.26. The topological polar surface area (TPSA) is 55.8 Å². The Morgan fingerprint density at radius 2 is 1.64 bits per heavy atom. The van der Waals surface area contributed by atoms with Crippen molar-refractivity contribution < 1.29 is 23.8 Å². The van der Waals surface area contributed by atoms with E-state index in [1.807, 2.05) is 13.8 Å². The Kier molecular flexibility index (Phi) is 6.15. The number of hydrogen-bond donors (Lipinski definition) is 1. The van der Waals surface area contributed by atoms with Gasteiger partial charge in [0.1, 0.15) is 17.3 Å². The third-order valence-corrected chi connectivity index (χ3v) is 3.92. The molecule has 5 heteroatoms. The summed E-state index contributed by atoms with van der Waals surface area (Å²) in [6.07, 6.45) is 0.425. The van der Waals surface area contributed by atoms with Gasteiger partial charge in [-0.05, 0) is 62.2 Å². The molecule has 2 rings (SSSR count). The average molecular weight is 346 g/mol. The minimum absolute atomic E-state index is 0.129. The van der Waals surface area contributed by atoms with Crippen molar-refractivity contribution in [1.82, 2.24) is 0 Å². The van der Waals surface area contributed by atoms with Gasteiger partial charge in [-0.2, -0.15) is 0 Å². The van der Waals surface area contributed by atoms with Gasteiger partial charge < -0.3 is 14.6 Å². The second-order valence-electron chi connectivity index (χ2n) is 6.24. The Hall–Kier alpha value is -2.40. The zero-order valence-electron chi connectivity index (χ0n) is 14.7. The second kappa shape index (κ2) is 8.12. The number of aliphatic hydroxyl groups is 1. The quantitative estimate of drug-likeness (QED) is 0.747. The lowest BCUT2D eigenvalue weighted by atomic mass is 9.92. The molecular weight excluding hydrogens is 323 g/mol. The van der Waals surface area contributed by atoms with Crippen LogP contribution in [0.4, 0.5) is 4.39 Å². The van der Waals surface area contributed by atoms with Gasteiger partial charge in [0, 0.05) is 0 Å². The molecule has 1 N–H and O–H groups in total. The maximum Gasteiger partial charge on any atom is 0.309 e. The number of benzene rings is 2. The van der Waals surface area contributed by atoms with Crippen LogP contribution in [0.1, 0.15) is 39.2 Å². The van der Waals surface area contributed by atoms with E-state index < -0.39 is 11.6 Å². The van der Waals surface area contributed by atoms with E-state index in [0.717, 1.165) is 6.42 Å². The van der Waals surface area contributed by atoms with Crippen molar-refractivity contribution in [3.8, 4) is 11.5 Å². The summed E-state index contributed by atoms with van der Waals surface area (Å²) in [5.41, 5.74) is -0.751. The molecule has 2 atom stereocenters. The molecular formula is C20H23FO4. The fourth-order valence-corrected chi connectivity index (χ4v) is 2.25. The minimum atomic E-state index is -1.33. The van der Waals surface area contributed by atoms with E-state index in [-0.39, 0.29) is 18.3 Å². The first-order chi connectivity index (χ1) is 11.8. The molecule has 0 bridgehead atoms. The van der Waals surface area contributed by atoms with Gasteiger partial charge in [-0.1, -0.05) is 19.1 Å². The molecule has 2 aromatic rings. The van der Waals surface area contributed by atoms with Crippen LogP contribution in [0.3, 0.4) is 0 Å². The monoisotopic (exact) mass is 346 g/mol. The summed E-state index contributed by atoms with van der Waals surface area (Å²) in [4.78, 5) is 11.9. The zero-order valence-corrected chi connectivity index (χ0v) is 14.7. The average Bonchev–Trinajstić information content (AvgIpc) is 2.56. The van der Waals surface area contributed by atoms with E-state index in [4.69, 9.17) is 9.47 Å². The van der Waals surface area contributed by atoms with E-state index >= 15 is 0 Å². The Morgan fingerprint density at radius 3 is 2.16 bits per heavy atom. The summed E-state index contributed by atoms with van der Waals surface area (Å²) in [5, 5.41) is 10.6. The standard InChI is InChI=1S/C20H23FO4/c1-4-14(2)24-19(22)13-20(3,23)15-5-9-17(10-6-15)25-18-11-7-16(21)8-12-18/h5-12,14,23H,4,13H2,1-3H3. The summed E-state index contributed by atoms with van der Waals surface area (Å²) in [7, 11) is 0. The molecule has 0 saturated carbocycles. The third kappa shape index (κ3) is 5.57. The molecule has 2 unspecified atom stereocenters. The molecule has 0 spiro atoms. The Balaban J connectivity index is 2.02. The fraction of sp³-hybridized carbons (Fsp3) is 0.350. The molecule has 0 aromatic heterocycles. The van der Waals surface area contributed by atoms with Gasteiger partial charge in [-0.15, -0.1) is 0 Å². The van der Waals surface area contributed by atoms with Gasteiger partial charge in [-0.25, -0.2) is 4.39 Å². The predicted molar refractivity (Wildman–Crippen MR) is 92.9 cm³/mol. The van der Waals surface area contributed by atoms with Gasteiger partial charge >= 0.3 is 5.97 Å². The molecule has 134 valence electrons. The summed E-state index contributed by atoms with van der Waals surface area (Å²) in [6.45, 7) is 5.31. The molecule has 0 aliphatic carbocycles. The molecule has 0 aliphatic heterocycles. The van der Waals surface area contributed by atoms with Crippen LogP contribution in [0.25, 0.3) is 0 Å². The molecule has 0 saturated heterocycles. The summed E-state index contributed by atoms with van der Waals surface area (Å²) < 4.78 is 23.7. The summed E-state index contributed by atoms with van der Waals surface area (Å²) >= 11 is 0. The fourth-order valence-electron chi connectivity index (χ4n) is 2.25. The first-order valence-electron chi connectivity index (χ1n) is 8.26. The molecule has 0 fully saturated rings. The van der Waals surface area contributed by atoms with Crippen molar-refractivity contribution >= 4 is 5.97 Å². The number of carbonyl (C=O) groups excluding carboxylic acids is 1. The first kappa shape index (κ1) is 18.9. The van der Waals surface area contributed by atoms with E-state index in [9.17, 15) is 14.3 Å². The van der Waals surface area contributed by atoms with E-state index in [1.54, 1.807) is 31.2 Å². The number of carbonyl (C=O) groups is 1. The third-order valence-electron chi connectivity index (χ3n) is 3.92. The van der Waals surface area contributed by atoms with Gasteiger partial charge in [0.05, 0.1) is 18.1 Å². The van der Waals surface area contributed by atoms with E-state index in [2.05, 4.69) is 0 Å². The molecule has 0 heterocycles. The van der Waals surface area contributed by atoms with Crippen molar-refractivity contribution in [2.75, 3.05) is 0 Å². The van der Waals surface area contributed by atoms with Crippen LogP contribution < -0.4 is 4.74 Å². The smallest absolute Gasteiger partial charge is 0.309 e. The van der Waals surface area contributed by atoms with Crippen LogP contribution in [0.2, 0.25) is 0 Å². The van der Waals surface area contributed by atoms with Crippen molar-refractivity contribution in [3.05, 3.63) is 59.9 Å². The molecule has 0 amide bonds. The summed E-state index contributed by atoms with van der Waals surface area (Å²) in [5.74, 6) is 0.292. The highest BCUT2D eigenvalue weighted by Crippen LogP contribution is 2.29. The Bertz CT molecular complexity index is 693. The van der Waals surface area contributed by atoms with Crippen LogP contribution >= 0.6 is 0 Å². The number of hydrogen-bond acceptors (Lipinski definition) is 4. The molecule has 25 heavy (non-hydrogen) atoms. The lowest BCUT2D eigenvalue weighted by molar-refractivity contribution is -0.153. The minimum Gasteiger partial charge on any atom is -0.463 e. The highest BCUT2D eigenvalue weighted by Gasteiger charge is 2.28. The maximum atomic E-state index is 12.9. The van der Waals surface area contributed by atoms with Crippen molar-refractivity contribution in [2.24, 2.45) is 0 Å². The predicted octanol–water partition coefficient (Wildman–Crippen LogP) is 4.56. The van der Waals surface area contributed by atoms with Crippen molar-refractivity contribution in [2.45, 2.75) is 45.3 Å². The molecule has 4 nitrogen and oxygen atoms in total. The molecule has 0 aliphatic rings. The Morgan fingerprint density at radius 1 is 1.12 bits per heavy atom. The number of esters is 1. The van der Waals surface area contributed by atoms with Crippen LogP contribution in [0, 0.1) is 5.82 Å². The Labute approximate surface area is 147 Å². The van der Waals surface area contributed by atoms with Crippen LogP contribution in [-0.4, -0.2) is 17.2 Å². The number of rotatable bonds is 7. The van der Waals surface area contributed by atoms with Gasteiger partial charge in [0.2, 0.25) is 0 Å². The largest absolute Gasteiger partial charge is 0.463 e. The molecule has 2 aromatic carbocycles. The van der Waals surface area contributed by atoms with E-state index in [0.29, 0.717) is 17.1 Å². The van der Waals surface area contributed by atoms with Crippen LogP contribution in [0.15, 0.2) is 48.5 Å². The second-order valence-corrected chi connectivity index (χ2v) is 6.24. The lowest BCUT2D eigenvalue weighted by Gasteiger charge is -2.24. The number of ether oxygens (including phenoxy) is 2. The van der Waals surface area contributed by atoms with E-state index in [1.165, 1.54) is 24.3 Å². The maximum absolute atomic E-state index is 12.9. The highest BCUT2D eigenvalue weighted by atomic mass is 19.1. The number of halogens is 1. The van der Waals surface area contributed by atoms with Crippen molar-refractivity contribution in [1.29, 1.82) is 0 Å². The summed E-state index contributed by atoms with van der Waals surface area (Å²) in [6, 6.07) is 12.5. The van der Waals surface area contributed by atoms with Gasteiger partial charge in [0.25, 0.3) is 0 Å². The van der Waals surface area contributed by atoms with Crippen molar-refractivity contribution in [3.63, 3.8) is 0 Å². The highest BCUT2D eigenvalue weighted by molar-refractivity contribution is 5.71. The molecule has 0 radical (unpaired) electrons. The van der Waals surface area contributed by atoms with Crippen LogP contribution in [0.5, 0.6) is 11.5 Å². The van der Waals surface area contributed by atoms with Gasteiger partial charge in [0.15, 0.2) is 0 Å². The normalized spacial score (nSPS) is 14.4. The SMILES string of the molecule is CCC(C)OC(=O)CC(C)(O)c1ccc(Oc2ccc(F)cc2)cc1. The van der Waals surface area contributed by atoms with Crippen LogP contribution in [-0.2, 0) is 15.1 Å².